The minimum Gasteiger partial charge on any atom is -0.422 e. The van der Waals surface area contributed by atoms with Crippen molar-refractivity contribution in [2.75, 3.05) is 0 Å². The summed E-state index contributed by atoms with van der Waals surface area (Å²) < 4.78 is 46.8. The molecule has 32 heavy (non-hydrogen) atoms. The number of benzene rings is 3. The van der Waals surface area contributed by atoms with Gasteiger partial charge in [-0.05, 0) is 48.2 Å². The van der Waals surface area contributed by atoms with Gasteiger partial charge in [-0.1, -0.05) is 74.0 Å². The quantitative estimate of drug-likeness (QED) is 0.313. The molecule has 1 aromatic heterocycles. The maximum absolute atomic E-state index is 12.8. The fourth-order valence-corrected chi connectivity index (χ4v) is 3.42. The van der Waals surface area contributed by atoms with Crippen molar-refractivity contribution >= 4 is 11.0 Å². The predicted molar refractivity (Wildman–Crippen MR) is 120 cm³/mol. The molecule has 0 unspecified atom stereocenters. The topological polar surface area (TPSA) is 39.4 Å². The van der Waals surface area contributed by atoms with Crippen LogP contribution in [0.2, 0.25) is 0 Å². The Morgan fingerprint density at radius 2 is 1.50 bits per heavy atom. The first-order valence-electron chi connectivity index (χ1n) is 10.3. The van der Waals surface area contributed by atoms with Crippen molar-refractivity contribution in [1.82, 2.24) is 0 Å². The third-order valence-corrected chi connectivity index (χ3v) is 4.80. The SMILES string of the molecule is CC.Cc1ccc(Cc2c(-c3ccc(OC(F)(F)F)cc3)c(=O)oc3ccccc23)cc1. The molecule has 0 aliphatic rings. The fourth-order valence-electron chi connectivity index (χ4n) is 3.42. The number of hydrogen-bond donors (Lipinski definition) is 0. The Bertz CT molecular complexity index is 1240. The third-order valence-electron chi connectivity index (χ3n) is 4.80. The summed E-state index contributed by atoms with van der Waals surface area (Å²) in [5, 5.41) is 0.781. The molecule has 0 saturated carbocycles. The average Bonchev–Trinajstić information content (AvgIpc) is 2.76. The van der Waals surface area contributed by atoms with Crippen LogP contribution in [0.5, 0.6) is 5.75 Å². The smallest absolute Gasteiger partial charge is 0.422 e. The second-order valence-corrected chi connectivity index (χ2v) is 6.97. The number of para-hydroxylation sites is 1. The number of alkyl halides is 3. The predicted octanol–water partition coefficient (Wildman–Crippen LogP) is 7.28. The molecule has 0 amide bonds. The summed E-state index contributed by atoms with van der Waals surface area (Å²) in [6.45, 7) is 5.99. The Balaban J connectivity index is 0.00000141. The molecule has 0 saturated heterocycles. The minimum absolute atomic E-state index is 0.327. The van der Waals surface area contributed by atoms with Crippen molar-refractivity contribution in [3.8, 4) is 16.9 Å². The second-order valence-electron chi connectivity index (χ2n) is 6.97. The Morgan fingerprint density at radius 1 is 0.875 bits per heavy atom. The van der Waals surface area contributed by atoms with E-state index < -0.39 is 12.0 Å². The highest BCUT2D eigenvalue weighted by Gasteiger charge is 2.31. The zero-order valence-electron chi connectivity index (χ0n) is 18.0. The highest BCUT2D eigenvalue weighted by Crippen LogP contribution is 2.31. The van der Waals surface area contributed by atoms with Crippen LogP contribution in [-0.2, 0) is 6.42 Å². The van der Waals surface area contributed by atoms with E-state index in [0.717, 1.165) is 22.1 Å². The molecule has 166 valence electrons. The van der Waals surface area contributed by atoms with E-state index in [-0.39, 0.29) is 5.75 Å². The van der Waals surface area contributed by atoms with E-state index in [1.165, 1.54) is 24.3 Å². The average molecular weight is 440 g/mol. The van der Waals surface area contributed by atoms with Gasteiger partial charge in [-0.3, -0.25) is 0 Å². The van der Waals surface area contributed by atoms with Gasteiger partial charge in [-0.2, -0.15) is 0 Å². The summed E-state index contributed by atoms with van der Waals surface area (Å²) in [6, 6.07) is 20.4. The number of fused-ring (bicyclic) bond motifs is 1. The van der Waals surface area contributed by atoms with E-state index in [1.807, 2.05) is 57.2 Å². The lowest BCUT2D eigenvalue weighted by Gasteiger charge is -2.13. The Kier molecular flexibility index (Phi) is 7.03. The van der Waals surface area contributed by atoms with E-state index in [2.05, 4.69) is 4.74 Å². The third kappa shape index (κ3) is 5.38. The van der Waals surface area contributed by atoms with Gasteiger partial charge >= 0.3 is 12.0 Å². The highest BCUT2D eigenvalue weighted by atomic mass is 19.4. The van der Waals surface area contributed by atoms with Gasteiger partial charge in [0.15, 0.2) is 0 Å². The molecule has 0 fully saturated rings. The van der Waals surface area contributed by atoms with E-state index in [1.54, 1.807) is 12.1 Å². The van der Waals surface area contributed by atoms with E-state index >= 15 is 0 Å². The lowest BCUT2D eigenvalue weighted by atomic mass is 9.93. The zero-order chi connectivity index (χ0) is 23.3. The summed E-state index contributed by atoms with van der Waals surface area (Å²) in [7, 11) is 0. The summed E-state index contributed by atoms with van der Waals surface area (Å²) in [4.78, 5) is 12.8. The first-order chi connectivity index (χ1) is 15.3. The largest absolute Gasteiger partial charge is 0.573 e. The van der Waals surface area contributed by atoms with Crippen LogP contribution in [-0.4, -0.2) is 6.36 Å². The van der Waals surface area contributed by atoms with Gasteiger partial charge in [-0.15, -0.1) is 13.2 Å². The molecule has 4 rings (SSSR count). The van der Waals surface area contributed by atoms with Crippen LogP contribution < -0.4 is 10.4 Å². The first kappa shape index (κ1) is 23.1. The normalized spacial score (nSPS) is 11.1. The number of rotatable bonds is 4. The van der Waals surface area contributed by atoms with E-state index in [0.29, 0.717) is 23.1 Å². The van der Waals surface area contributed by atoms with Crippen LogP contribution in [0.1, 0.15) is 30.5 Å². The summed E-state index contributed by atoms with van der Waals surface area (Å²) >= 11 is 0. The minimum atomic E-state index is -4.78. The molecular formula is C26H23F3O3. The van der Waals surface area contributed by atoms with Gasteiger partial charge in [-0.25, -0.2) is 4.79 Å². The number of hydrogen-bond acceptors (Lipinski definition) is 3. The highest BCUT2D eigenvalue weighted by molar-refractivity contribution is 5.87. The van der Waals surface area contributed by atoms with Gasteiger partial charge in [0.25, 0.3) is 0 Å². The van der Waals surface area contributed by atoms with Crippen molar-refractivity contribution < 1.29 is 22.3 Å². The van der Waals surface area contributed by atoms with Crippen LogP contribution >= 0.6 is 0 Å². The standard InChI is InChI=1S/C24H17F3O3.C2H6/c1-15-6-8-16(9-7-15)14-20-19-4-2-3-5-21(19)29-23(28)22(20)17-10-12-18(13-11-17)30-24(25,26)27;1-2/h2-13H,14H2,1H3;1-2H3. The van der Waals surface area contributed by atoms with E-state index in [4.69, 9.17) is 4.42 Å². The Morgan fingerprint density at radius 3 is 2.12 bits per heavy atom. The maximum atomic E-state index is 12.8. The lowest BCUT2D eigenvalue weighted by Crippen LogP contribution is -2.17. The van der Waals surface area contributed by atoms with Crippen LogP contribution in [0.25, 0.3) is 22.1 Å². The molecule has 0 aliphatic heterocycles. The number of aryl methyl sites for hydroxylation is 1. The van der Waals surface area contributed by atoms with E-state index in [9.17, 15) is 18.0 Å². The molecule has 3 nitrogen and oxygen atoms in total. The number of ether oxygens (including phenoxy) is 1. The molecule has 0 spiro atoms. The molecule has 0 bridgehead atoms. The molecule has 0 N–H and O–H groups in total. The van der Waals surface area contributed by atoms with Crippen molar-refractivity contribution in [2.24, 2.45) is 0 Å². The van der Waals surface area contributed by atoms with Gasteiger partial charge < -0.3 is 9.15 Å². The summed E-state index contributed by atoms with van der Waals surface area (Å²) in [5.41, 5.74) is 3.60. The fraction of sp³-hybridized carbons (Fsp3) is 0.192. The molecule has 3 aromatic carbocycles. The van der Waals surface area contributed by atoms with Gasteiger partial charge in [0.1, 0.15) is 11.3 Å². The molecule has 0 radical (unpaired) electrons. The lowest BCUT2D eigenvalue weighted by molar-refractivity contribution is -0.274. The molecule has 4 aromatic rings. The Labute approximate surface area is 184 Å². The second kappa shape index (κ2) is 9.73. The van der Waals surface area contributed by atoms with Crippen molar-refractivity contribution in [3.63, 3.8) is 0 Å². The molecule has 1 heterocycles. The van der Waals surface area contributed by atoms with Crippen LogP contribution in [0.4, 0.5) is 13.2 Å². The molecular weight excluding hydrogens is 417 g/mol. The zero-order valence-corrected chi connectivity index (χ0v) is 18.0. The monoisotopic (exact) mass is 440 g/mol. The molecule has 0 aliphatic carbocycles. The summed E-state index contributed by atoms with van der Waals surface area (Å²) in [6.07, 6.45) is -4.30. The maximum Gasteiger partial charge on any atom is 0.573 e. The van der Waals surface area contributed by atoms with Crippen molar-refractivity contribution in [2.45, 2.75) is 33.6 Å². The Hall–Kier alpha value is -3.54. The molecule has 6 heteroatoms. The summed E-state index contributed by atoms with van der Waals surface area (Å²) in [5.74, 6) is -0.350. The van der Waals surface area contributed by atoms with Gasteiger partial charge in [0.2, 0.25) is 0 Å². The van der Waals surface area contributed by atoms with Gasteiger partial charge in [0.05, 0.1) is 5.56 Å². The van der Waals surface area contributed by atoms with Crippen LogP contribution in [0.3, 0.4) is 0 Å². The number of halogens is 3. The van der Waals surface area contributed by atoms with Crippen LogP contribution in [0, 0.1) is 6.92 Å². The first-order valence-corrected chi connectivity index (χ1v) is 10.3. The molecule has 0 atom stereocenters. The van der Waals surface area contributed by atoms with Gasteiger partial charge in [0, 0.05) is 5.39 Å². The van der Waals surface area contributed by atoms with Crippen LogP contribution in [0.15, 0.2) is 82.0 Å². The van der Waals surface area contributed by atoms with Crippen molar-refractivity contribution in [3.05, 3.63) is 99.9 Å². The van der Waals surface area contributed by atoms with Crippen molar-refractivity contribution in [1.29, 1.82) is 0 Å².